The SMILES string of the molecule is C=C(C)C(=O)O.C=C(C)C(=O)O.C=C(C)C(=O)O.CCCC(O)(CO)CO. The lowest BCUT2D eigenvalue weighted by molar-refractivity contribution is -0.133. The lowest BCUT2D eigenvalue weighted by atomic mass is 10.0. The molecule has 9 nitrogen and oxygen atoms in total. The molecular weight excluding hydrogens is 360 g/mol. The molecular formula is C18H32O9. The van der Waals surface area contributed by atoms with E-state index >= 15 is 0 Å². The predicted molar refractivity (Wildman–Crippen MR) is 101 cm³/mol. The van der Waals surface area contributed by atoms with Gasteiger partial charge in [-0.3, -0.25) is 0 Å². The molecule has 6 N–H and O–H groups in total. The lowest BCUT2D eigenvalue weighted by Gasteiger charge is -2.21. The standard InChI is InChI=1S/C6H14O3.3C4H6O2/c1-2-3-6(9,4-7)5-8;3*1-3(2)4(5)6/h7-9H,2-5H2,1H3;3*1H2,2H3,(H,5,6). The van der Waals surface area contributed by atoms with Crippen molar-refractivity contribution in [3.63, 3.8) is 0 Å². The number of carboxylic acid groups (broad SMARTS) is 3. The van der Waals surface area contributed by atoms with E-state index in [2.05, 4.69) is 19.7 Å². The Labute approximate surface area is 159 Å². The fourth-order valence-electron chi connectivity index (χ4n) is 0.673. The molecule has 0 heterocycles. The largest absolute Gasteiger partial charge is 0.478 e. The summed E-state index contributed by atoms with van der Waals surface area (Å²) in [6.45, 7) is 15.0. The van der Waals surface area contributed by atoms with Crippen LogP contribution in [0, 0.1) is 0 Å². The minimum absolute atomic E-state index is 0.176. The van der Waals surface area contributed by atoms with Crippen molar-refractivity contribution >= 4 is 17.9 Å². The Morgan fingerprint density at radius 3 is 0.963 bits per heavy atom. The number of hydrogen-bond donors (Lipinski definition) is 6. The van der Waals surface area contributed by atoms with Crippen LogP contribution in [0.2, 0.25) is 0 Å². The summed E-state index contributed by atoms with van der Waals surface area (Å²) in [6, 6.07) is 0. The second-order valence-electron chi connectivity index (χ2n) is 5.55. The van der Waals surface area contributed by atoms with Gasteiger partial charge in [-0.1, -0.05) is 33.1 Å². The smallest absolute Gasteiger partial charge is 0.330 e. The van der Waals surface area contributed by atoms with Crippen molar-refractivity contribution < 1.29 is 45.0 Å². The van der Waals surface area contributed by atoms with E-state index in [1.165, 1.54) is 20.8 Å². The number of carboxylic acids is 3. The second kappa shape index (κ2) is 18.3. The van der Waals surface area contributed by atoms with Crippen LogP contribution in [0.3, 0.4) is 0 Å². The molecule has 0 aromatic carbocycles. The highest BCUT2D eigenvalue weighted by Crippen LogP contribution is 2.09. The van der Waals surface area contributed by atoms with Gasteiger partial charge in [-0.2, -0.15) is 0 Å². The summed E-state index contributed by atoms with van der Waals surface area (Å²) in [6.07, 6.45) is 1.21. The summed E-state index contributed by atoms with van der Waals surface area (Å²) < 4.78 is 0. The van der Waals surface area contributed by atoms with E-state index in [0.717, 1.165) is 6.42 Å². The number of carbonyl (C=O) groups is 3. The van der Waals surface area contributed by atoms with Crippen molar-refractivity contribution in [1.82, 2.24) is 0 Å². The van der Waals surface area contributed by atoms with Crippen molar-refractivity contribution in [2.24, 2.45) is 0 Å². The fraction of sp³-hybridized carbons (Fsp3) is 0.500. The Hall–Kier alpha value is -2.49. The summed E-state index contributed by atoms with van der Waals surface area (Å²) in [5.74, 6) is -2.81. The third-order valence-electron chi connectivity index (χ3n) is 2.40. The highest BCUT2D eigenvalue weighted by atomic mass is 16.4. The average molecular weight is 392 g/mol. The van der Waals surface area contributed by atoms with Gasteiger partial charge in [0.1, 0.15) is 5.60 Å². The maximum atomic E-state index is 9.60. The van der Waals surface area contributed by atoms with Gasteiger partial charge >= 0.3 is 17.9 Å². The molecule has 0 fully saturated rings. The maximum absolute atomic E-state index is 9.60. The molecule has 0 saturated heterocycles. The van der Waals surface area contributed by atoms with E-state index in [1.807, 2.05) is 6.92 Å². The molecule has 0 aliphatic rings. The van der Waals surface area contributed by atoms with E-state index in [9.17, 15) is 14.4 Å². The highest BCUT2D eigenvalue weighted by Gasteiger charge is 2.22. The van der Waals surface area contributed by atoms with Gasteiger partial charge in [-0.25, -0.2) is 14.4 Å². The third-order valence-corrected chi connectivity index (χ3v) is 2.40. The fourth-order valence-corrected chi connectivity index (χ4v) is 0.673. The van der Waals surface area contributed by atoms with Crippen LogP contribution >= 0.6 is 0 Å². The average Bonchev–Trinajstić information content (AvgIpc) is 2.56. The second-order valence-corrected chi connectivity index (χ2v) is 5.55. The number of aliphatic hydroxyl groups excluding tert-OH is 2. The van der Waals surface area contributed by atoms with Crippen LogP contribution in [0.1, 0.15) is 40.5 Å². The molecule has 0 aromatic heterocycles. The molecule has 0 radical (unpaired) electrons. The monoisotopic (exact) mass is 392 g/mol. The van der Waals surface area contributed by atoms with Crippen LogP contribution < -0.4 is 0 Å². The molecule has 0 rings (SSSR count). The van der Waals surface area contributed by atoms with Gasteiger partial charge in [0.15, 0.2) is 0 Å². The van der Waals surface area contributed by atoms with Gasteiger partial charge < -0.3 is 30.6 Å². The molecule has 0 aromatic rings. The topological polar surface area (TPSA) is 173 Å². The van der Waals surface area contributed by atoms with Crippen molar-refractivity contribution in [3.8, 4) is 0 Å². The van der Waals surface area contributed by atoms with E-state index < -0.39 is 23.5 Å². The van der Waals surface area contributed by atoms with Crippen LogP contribution in [0.25, 0.3) is 0 Å². The first-order valence-corrected chi connectivity index (χ1v) is 7.72. The molecule has 27 heavy (non-hydrogen) atoms. The quantitative estimate of drug-likeness (QED) is 0.350. The van der Waals surface area contributed by atoms with E-state index in [1.54, 1.807) is 0 Å². The Kier molecular flexibility index (Phi) is 21.8. The predicted octanol–water partition coefficient (Wildman–Crippen LogP) is 1.44. The zero-order chi connectivity index (χ0) is 22.8. The van der Waals surface area contributed by atoms with Gasteiger partial charge in [-0.15, -0.1) is 0 Å². The molecule has 0 unspecified atom stereocenters. The van der Waals surface area contributed by atoms with E-state index in [0.29, 0.717) is 6.42 Å². The zero-order valence-electron chi connectivity index (χ0n) is 16.4. The van der Waals surface area contributed by atoms with Gasteiger partial charge in [0.2, 0.25) is 0 Å². The minimum Gasteiger partial charge on any atom is -0.478 e. The van der Waals surface area contributed by atoms with Gasteiger partial charge in [-0.05, 0) is 27.2 Å². The normalized spacial score (nSPS) is 9.00. The summed E-state index contributed by atoms with van der Waals surface area (Å²) in [5.41, 5.74) is -0.727. The first-order valence-electron chi connectivity index (χ1n) is 7.72. The summed E-state index contributed by atoms with van der Waals surface area (Å²) in [5, 5.41) is 49.8. The molecule has 0 bridgehead atoms. The number of aliphatic hydroxyl groups is 3. The van der Waals surface area contributed by atoms with Crippen LogP contribution in [0.4, 0.5) is 0 Å². The molecule has 0 amide bonds. The Morgan fingerprint density at radius 2 is 0.926 bits per heavy atom. The van der Waals surface area contributed by atoms with Crippen molar-refractivity contribution in [3.05, 3.63) is 36.5 Å². The Balaban J connectivity index is -0.000000133. The lowest BCUT2D eigenvalue weighted by Crippen LogP contribution is -2.37. The van der Waals surface area contributed by atoms with Crippen molar-refractivity contribution in [2.45, 2.75) is 46.1 Å². The molecule has 0 aliphatic carbocycles. The number of rotatable bonds is 7. The van der Waals surface area contributed by atoms with E-state index in [4.69, 9.17) is 30.6 Å². The Morgan fingerprint density at radius 1 is 0.741 bits per heavy atom. The summed E-state index contributed by atoms with van der Waals surface area (Å²) in [4.78, 5) is 28.8. The van der Waals surface area contributed by atoms with Crippen LogP contribution in [0.5, 0.6) is 0 Å². The first kappa shape index (κ1) is 32.2. The number of hydrogen-bond acceptors (Lipinski definition) is 6. The summed E-state index contributed by atoms with van der Waals surface area (Å²) >= 11 is 0. The molecule has 0 spiro atoms. The van der Waals surface area contributed by atoms with Crippen molar-refractivity contribution in [2.75, 3.05) is 13.2 Å². The molecule has 0 saturated carbocycles. The van der Waals surface area contributed by atoms with Crippen LogP contribution in [-0.2, 0) is 14.4 Å². The minimum atomic E-state index is -1.26. The zero-order valence-corrected chi connectivity index (χ0v) is 16.4. The van der Waals surface area contributed by atoms with Crippen LogP contribution in [-0.4, -0.2) is 67.4 Å². The Bertz CT molecular complexity index is 410. The van der Waals surface area contributed by atoms with Gasteiger partial charge in [0.05, 0.1) is 13.2 Å². The van der Waals surface area contributed by atoms with Gasteiger partial charge in [0, 0.05) is 16.7 Å². The van der Waals surface area contributed by atoms with Crippen molar-refractivity contribution in [1.29, 1.82) is 0 Å². The van der Waals surface area contributed by atoms with Crippen LogP contribution in [0.15, 0.2) is 36.5 Å². The highest BCUT2D eigenvalue weighted by molar-refractivity contribution is 5.85. The first-order chi connectivity index (χ1) is 12.1. The third kappa shape index (κ3) is 28.6. The molecule has 158 valence electrons. The maximum Gasteiger partial charge on any atom is 0.330 e. The van der Waals surface area contributed by atoms with E-state index in [-0.39, 0.29) is 29.9 Å². The van der Waals surface area contributed by atoms with Gasteiger partial charge in [0.25, 0.3) is 0 Å². The molecule has 0 atom stereocenters. The molecule has 9 heteroatoms. The number of aliphatic carboxylic acids is 3. The summed E-state index contributed by atoms with van der Waals surface area (Å²) in [7, 11) is 0. The molecule has 0 aliphatic heterocycles.